The quantitative estimate of drug-likeness (QED) is 0.675. The van der Waals surface area contributed by atoms with Gasteiger partial charge in [0.2, 0.25) is 0 Å². The fourth-order valence-corrected chi connectivity index (χ4v) is 7.23. The van der Waals surface area contributed by atoms with Crippen molar-refractivity contribution < 1.29 is 5.11 Å². The SMILES string of the molecule is C[C@@]12CCC[C@H]1[C@@H]1CC[C@H]3C[C@H](O)CC[C@]3(C)[C@H]1CC2. The topological polar surface area (TPSA) is 20.2 Å². The monoisotopic (exact) mass is 276 g/mol. The fourth-order valence-electron chi connectivity index (χ4n) is 7.23. The summed E-state index contributed by atoms with van der Waals surface area (Å²) in [5, 5.41) is 10.0. The molecule has 4 saturated carbocycles. The maximum Gasteiger partial charge on any atom is 0.0543 e. The normalized spacial score (nSPS) is 58.6. The highest BCUT2D eigenvalue weighted by molar-refractivity contribution is 5.07. The van der Waals surface area contributed by atoms with Crippen LogP contribution in [0.15, 0.2) is 0 Å². The van der Waals surface area contributed by atoms with Gasteiger partial charge in [-0.3, -0.25) is 0 Å². The van der Waals surface area contributed by atoms with Crippen molar-refractivity contribution in [3.63, 3.8) is 0 Å². The van der Waals surface area contributed by atoms with Gasteiger partial charge in [-0.05, 0) is 92.3 Å². The zero-order valence-electron chi connectivity index (χ0n) is 13.4. The molecule has 20 heavy (non-hydrogen) atoms. The summed E-state index contributed by atoms with van der Waals surface area (Å²) in [6.45, 7) is 5.19. The van der Waals surface area contributed by atoms with Gasteiger partial charge >= 0.3 is 0 Å². The van der Waals surface area contributed by atoms with E-state index in [9.17, 15) is 5.11 Å². The molecule has 0 unspecified atom stereocenters. The largest absolute Gasteiger partial charge is 0.393 e. The molecule has 4 aliphatic rings. The number of aliphatic hydroxyl groups excluding tert-OH is 1. The summed E-state index contributed by atoms with van der Waals surface area (Å²) in [5.41, 5.74) is 1.25. The van der Waals surface area contributed by atoms with Gasteiger partial charge in [-0.2, -0.15) is 0 Å². The minimum absolute atomic E-state index is 0.00459. The molecule has 0 bridgehead atoms. The molecule has 0 aromatic carbocycles. The molecule has 4 fully saturated rings. The molecule has 1 nitrogen and oxygen atoms in total. The molecule has 0 spiro atoms. The molecule has 0 saturated heterocycles. The number of aliphatic hydroxyl groups is 1. The molecule has 0 aromatic heterocycles. The molecule has 0 aromatic rings. The van der Waals surface area contributed by atoms with Gasteiger partial charge in [0.25, 0.3) is 0 Å². The standard InChI is InChI=1S/C19H32O/c1-18-9-3-4-16(18)15-6-5-13-12-14(20)7-11-19(13,2)17(15)8-10-18/h13-17,20H,3-12H2,1-2H3/t13-,14+,15-,16-,17-,18-,19-/m0/s1. The molecule has 1 heteroatoms. The Bertz CT molecular complexity index is 391. The second-order valence-electron chi connectivity index (χ2n) is 9.17. The van der Waals surface area contributed by atoms with Crippen LogP contribution < -0.4 is 0 Å². The van der Waals surface area contributed by atoms with E-state index in [0.29, 0.717) is 10.8 Å². The zero-order valence-corrected chi connectivity index (χ0v) is 13.4. The molecule has 0 radical (unpaired) electrons. The Morgan fingerprint density at radius 1 is 0.850 bits per heavy atom. The van der Waals surface area contributed by atoms with Crippen LogP contribution in [0.25, 0.3) is 0 Å². The summed E-state index contributed by atoms with van der Waals surface area (Å²) >= 11 is 0. The first-order chi connectivity index (χ1) is 9.53. The summed E-state index contributed by atoms with van der Waals surface area (Å²) in [4.78, 5) is 0. The van der Waals surface area contributed by atoms with E-state index in [2.05, 4.69) is 13.8 Å². The number of rotatable bonds is 0. The van der Waals surface area contributed by atoms with Gasteiger partial charge in [-0.25, -0.2) is 0 Å². The van der Waals surface area contributed by atoms with Gasteiger partial charge in [0.1, 0.15) is 0 Å². The van der Waals surface area contributed by atoms with Crippen molar-refractivity contribution in [1.29, 1.82) is 0 Å². The minimum atomic E-state index is 0.00459. The highest BCUT2D eigenvalue weighted by Gasteiger charge is 2.57. The van der Waals surface area contributed by atoms with Crippen molar-refractivity contribution in [2.24, 2.45) is 34.5 Å². The fraction of sp³-hybridized carbons (Fsp3) is 1.00. The van der Waals surface area contributed by atoms with E-state index in [1.165, 1.54) is 51.4 Å². The Kier molecular flexibility index (Phi) is 3.05. The lowest BCUT2D eigenvalue weighted by atomic mass is 9.45. The van der Waals surface area contributed by atoms with Crippen LogP contribution in [-0.2, 0) is 0 Å². The third kappa shape index (κ3) is 1.77. The first kappa shape index (κ1) is 13.6. The zero-order chi connectivity index (χ0) is 14.0. The van der Waals surface area contributed by atoms with Gasteiger partial charge in [-0.1, -0.05) is 20.3 Å². The summed E-state index contributed by atoms with van der Waals surface area (Å²) in [6, 6.07) is 0. The highest BCUT2D eigenvalue weighted by atomic mass is 16.3. The average molecular weight is 276 g/mol. The van der Waals surface area contributed by atoms with Crippen LogP contribution >= 0.6 is 0 Å². The summed E-state index contributed by atoms with van der Waals surface area (Å²) in [7, 11) is 0. The Morgan fingerprint density at radius 3 is 2.55 bits per heavy atom. The van der Waals surface area contributed by atoms with E-state index in [1.807, 2.05) is 0 Å². The lowest BCUT2D eigenvalue weighted by Crippen LogP contribution is -2.53. The van der Waals surface area contributed by atoms with Crippen molar-refractivity contribution in [1.82, 2.24) is 0 Å². The van der Waals surface area contributed by atoms with Crippen LogP contribution in [0.5, 0.6) is 0 Å². The van der Waals surface area contributed by atoms with Gasteiger partial charge < -0.3 is 5.11 Å². The average Bonchev–Trinajstić information content (AvgIpc) is 2.81. The lowest BCUT2D eigenvalue weighted by molar-refractivity contribution is -0.120. The van der Waals surface area contributed by atoms with Crippen LogP contribution in [0.3, 0.4) is 0 Å². The predicted octanol–water partition coefficient (Wildman–Crippen LogP) is 4.78. The molecule has 114 valence electrons. The van der Waals surface area contributed by atoms with E-state index in [0.717, 1.165) is 36.5 Å². The maximum atomic E-state index is 10.0. The van der Waals surface area contributed by atoms with Crippen LogP contribution in [0, 0.1) is 34.5 Å². The second kappa shape index (κ2) is 4.48. The molecule has 0 amide bonds. The molecule has 4 rings (SSSR count). The molecule has 0 aliphatic heterocycles. The van der Waals surface area contributed by atoms with Gasteiger partial charge in [-0.15, -0.1) is 0 Å². The maximum absolute atomic E-state index is 10.0. The van der Waals surface area contributed by atoms with Crippen LogP contribution in [-0.4, -0.2) is 11.2 Å². The van der Waals surface area contributed by atoms with Crippen molar-refractivity contribution in [2.75, 3.05) is 0 Å². The van der Waals surface area contributed by atoms with E-state index < -0.39 is 0 Å². The number of fused-ring (bicyclic) bond motifs is 5. The van der Waals surface area contributed by atoms with Gasteiger partial charge in [0.15, 0.2) is 0 Å². The third-order valence-electron chi connectivity index (χ3n) is 8.42. The Balaban J connectivity index is 1.62. The lowest BCUT2D eigenvalue weighted by Gasteiger charge is -2.60. The van der Waals surface area contributed by atoms with E-state index in [1.54, 1.807) is 0 Å². The number of hydrogen-bond acceptors (Lipinski definition) is 1. The molecule has 7 atom stereocenters. The smallest absolute Gasteiger partial charge is 0.0543 e. The van der Waals surface area contributed by atoms with Crippen LogP contribution in [0.2, 0.25) is 0 Å². The van der Waals surface area contributed by atoms with Gasteiger partial charge in [0, 0.05) is 0 Å². The van der Waals surface area contributed by atoms with Crippen LogP contribution in [0.4, 0.5) is 0 Å². The first-order valence-electron chi connectivity index (χ1n) is 9.21. The van der Waals surface area contributed by atoms with Crippen LogP contribution in [0.1, 0.15) is 78.1 Å². The molecular formula is C19H32O. The third-order valence-corrected chi connectivity index (χ3v) is 8.42. The van der Waals surface area contributed by atoms with Crippen molar-refractivity contribution in [2.45, 2.75) is 84.2 Å². The van der Waals surface area contributed by atoms with E-state index in [4.69, 9.17) is 0 Å². The first-order valence-corrected chi connectivity index (χ1v) is 9.21. The summed E-state index contributed by atoms with van der Waals surface area (Å²) in [6.07, 6.45) is 13.8. The van der Waals surface area contributed by atoms with Crippen molar-refractivity contribution in [3.05, 3.63) is 0 Å². The molecule has 0 heterocycles. The predicted molar refractivity (Wildman–Crippen MR) is 82.4 cm³/mol. The second-order valence-corrected chi connectivity index (χ2v) is 9.17. The van der Waals surface area contributed by atoms with Crippen molar-refractivity contribution in [3.8, 4) is 0 Å². The molecular weight excluding hydrogens is 244 g/mol. The van der Waals surface area contributed by atoms with Crippen molar-refractivity contribution >= 4 is 0 Å². The Labute approximate surface area is 124 Å². The molecule has 1 N–H and O–H groups in total. The Hall–Kier alpha value is -0.0400. The molecule has 4 aliphatic carbocycles. The summed E-state index contributed by atoms with van der Waals surface area (Å²) < 4.78 is 0. The number of hydrogen-bond donors (Lipinski definition) is 1. The summed E-state index contributed by atoms with van der Waals surface area (Å²) in [5.74, 6) is 3.85. The van der Waals surface area contributed by atoms with E-state index >= 15 is 0 Å². The Morgan fingerprint density at radius 2 is 1.70 bits per heavy atom. The van der Waals surface area contributed by atoms with E-state index in [-0.39, 0.29) is 6.10 Å². The van der Waals surface area contributed by atoms with Gasteiger partial charge in [0.05, 0.1) is 6.10 Å². The highest BCUT2D eigenvalue weighted by Crippen LogP contribution is 2.66. The minimum Gasteiger partial charge on any atom is -0.393 e.